The molecule has 0 aromatic heterocycles. The van der Waals surface area contributed by atoms with Crippen molar-refractivity contribution in [2.45, 2.75) is 31.6 Å². The zero-order chi connectivity index (χ0) is 26.0. The van der Waals surface area contributed by atoms with Gasteiger partial charge in [-0.1, -0.05) is 6.07 Å². The lowest BCUT2D eigenvalue weighted by molar-refractivity contribution is -0.143. The smallest absolute Gasteiger partial charge is 0.315 e. The standard InChI is InChI=1S/C28H31NO7/c1-15-25(28(31)36-6)26(19-14-18(32-2)8-10-22(19)33-3)27-20(29-15)11-17(12-21(27)30)16-7-9-23(34-4)24(13-16)35-5/h7-10,13-14,17,25-26H,11-12H2,1-6H3/t17-,25?,26+/m0/s1. The molecular formula is C28H31NO7. The number of esters is 1. The molecule has 1 heterocycles. The molecule has 0 saturated heterocycles. The summed E-state index contributed by atoms with van der Waals surface area (Å²) in [6, 6.07) is 11.1. The second-order valence-electron chi connectivity index (χ2n) is 8.84. The van der Waals surface area contributed by atoms with E-state index in [9.17, 15) is 9.59 Å². The molecule has 1 unspecified atom stereocenters. The summed E-state index contributed by atoms with van der Waals surface area (Å²) in [5.74, 6) is 0.439. The van der Waals surface area contributed by atoms with Gasteiger partial charge in [0.05, 0.1) is 35.5 Å². The number of nitrogens with zero attached hydrogens (tertiary/aromatic N) is 1. The molecule has 2 aliphatic rings. The van der Waals surface area contributed by atoms with Gasteiger partial charge in [-0.25, -0.2) is 0 Å². The van der Waals surface area contributed by atoms with Crippen LogP contribution in [0.1, 0.15) is 42.7 Å². The van der Waals surface area contributed by atoms with Crippen LogP contribution in [0.15, 0.2) is 52.7 Å². The van der Waals surface area contributed by atoms with E-state index in [0.717, 1.165) is 5.56 Å². The van der Waals surface area contributed by atoms with Crippen LogP contribution in [0.5, 0.6) is 23.0 Å². The van der Waals surface area contributed by atoms with Crippen molar-refractivity contribution < 1.29 is 33.3 Å². The van der Waals surface area contributed by atoms with Crippen molar-refractivity contribution in [2.75, 3.05) is 35.5 Å². The number of ketones is 1. The van der Waals surface area contributed by atoms with Gasteiger partial charge >= 0.3 is 5.97 Å². The van der Waals surface area contributed by atoms with Crippen LogP contribution in [0.4, 0.5) is 0 Å². The number of methoxy groups -OCH3 is 5. The molecule has 3 atom stereocenters. The SMILES string of the molecule is COC(=O)C1C(C)=NC2=C(C(=O)C[C@@H](c3ccc(OC)c(OC)c3)C2)[C@@H]1c1cc(OC)ccc1OC. The number of carbonyl (C=O) groups is 2. The largest absolute Gasteiger partial charge is 0.497 e. The predicted octanol–water partition coefficient (Wildman–Crippen LogP) is 4.47. The highest BCUT2D eigenvalue weighted by atomic mass is 16.5. The highest BCUT2D eigenvalue weighted by molar-refractivity contribution is 6.09. The van der Waals surface area contributed by atoms with Crippen LogP contribution in [0, 0.1) is 5.92 Å². The molecule has 0 radical (unpaired) electrons. The molecule has 2 aromatic rings. The number of ether oxygens (including phenoxy) is 5. The number of aliphatic imine (C=N–C) groups is 1. The van der Waals surface area contributed by atoms with Crippen LogP contribution in [0.2, 0.25) is 0 Å². The van der Waals surface area contributed by atoms with Crippen LogP contribution in [-0.2, 0) is 14.3 Å². The molecule has 0 saturated carbocycles. The van der Waals surface area contributed by atoms with Crippen LogP contribution in [0.3, 0.4) is 0 Å². The monoisotopic (exact) mass is 493 g/mol. The van der Waals surface area contributed by atoms with E-state index in [1.165, 1.54) is 7.11 Å². The molecule has 8 nitrogen and oxygen atoms in total. The first kappa shape index (κ1) is 25.3. The molecule has 0 bridgehead atoms. The van der Waals surface area contributed by atoms with Crippen molar-refractivity contribution in [3.63, 3.8) is 0 Å². The first-order chi connectivity index (χ1) is 17.4. The Morgan fingerprint density at radius 1 is 0.861 bits per heavy atom. The van der Waals surface area contributed by atoms with Crippen molar-refractivity contribution in [3.8, 4) is 23.0 Å². The minimum Gasteiger partial charge on any atom is -0.497 e. The summed E-state index contributed by atoms with van der Waals surface area (Å²) in [5, 5.41) is 0. The number of Topliss-reactive ketones (excluding diaryl/α,β-unsaturated/α-hetero) is 1. The maximum Gasteiger partial charge on any atom is 0.315 e. The van der Waals surface area contributed by atoms with E-state index in [1.807, 2.05) is 24.3 Å². The van der Waals surface area contributed by atoms with Gasteiger partial charge in [0.2, 0.25) is 0 Å². The third-order valence-electron chi connectivity index (χ3n) is 6.99. The fourth-order valence-electron chi connectivity index (χ4n) is 5.25. The average molecular weight is 494 g/mol. The third-order valence-corrected chi connectivity index (χ3v) is 6.99. The Labute approximate surface area is 210 Å². The number of hydrogen-bond donors (Lipinski definition) is 0. The van der Waals surface area contributed by atoms with E-state index in [0.29, 0.717) is 52.0 Å². The van der Waals surface area contributed by atoms with Crippen molar-refractivity contribution in [3.05, 3.63) is 58.8 Å². The van der Waals surface area contributed by atoms with Crippen LogP contribution in [-0.4, -0.2) is 53.0 Å². The Kier molecular flexibility index (Phi) is 7.33. The summed E-state index contributed by atoms with van der Waals surface area (Å²) in [5.41, 5.74) is 3.45. The van der Waals surface area contributed by atoms with E-state index in [-0.39, 0.29) is 18.1 Å². The van der Waals surface area contributed by atoms with Crippen molar-refractivity contribution >= 4 is 17.5 Å². The summed E-state index contributed by atoms with van der Waals surface area (Å²) < 4.78 is 27.1. The predicted molar refractivity (Wildman–Crippen MR) is 134 cm³/mol. The number of rotatable bonds is 7. The maximum atomic E-state index is 13.8. The molecule has 2 aromatic carbocycles. The second-order valence-corrected chi connectivity index (χ2v) is 8.84. The van der Waals surface area contributed by atoms with Gasteiger partial charge < -0.3 is 23.7 Å². The Morgan fingerprint density at radius 2 is 1.56 bits per heavy atom. The number of hydrogen-bond acceptors (Lipinski definition) is 8. The lowest BCUT2D eigenvalue weighted by Gasteiger charge is -2.37. The quantitative estimate of drug-likeness (QED) is 0.526. The van der Waals surface area contributed by atoms with Crippen LogP contribution >= 0.6 is 0 Å². The fraction of sp³-hybridized carbons (Fsp3) is 0.393. The highest BCUT2D eigenvalue weighted by Crippen LogP contribution is 2.49. The van der Waals surface area contributed by atoms with E-state index in [2.05, 4.69) is 0 Å². The third kappa shape index (κ3) is 4.43. The molecule has 36 heavy (non-hydrogen) atoms. The number of allylic oxidation sites excluding steroid dienone is 2. The fourth-order valence-corrected chi connectivity index (χ4v) is 5.25. The molecule has 0 fully saturated rings. The van der Waals surface area contributed by atoms with Crippen LogP contribution < -0.4 is 18.9 Å². The molecule has 8 heteroatoms. The Balaban J connectivity index is 1.84. The molecular weight excluding hydrogens is 462 g/mol. The molecule has 0 N–H and O–H groups in total. The summed E-state index contributed by atoms with van der Waals surface area (Å²) in [6.45, 7) is 1.80. The molecule has 1 aliphatic heterocycles. The van der Waals surface area contributed by atoms with Crippen LogP contribution in [0.25, 0.3) is 0 Å². The second kappa shape index (κ2) is 10.4. The molecule has 0 amide bonds. The first-order valence-electron chi connectivity index (χ1n) is 11.7. The highest BCUT2D eigenvalue weighted by Gasteiger charge is 2.45. The van der Waals surface area contributed by atoms with Gasteiger partial charge in [0.15, 0.2) is 17.3 Å². The summed E-state index contributed by atoms with van der Waals surface area (Å²) in [4.78, 5) is 31.5. The zero-order valence-electron chi connectivity index (χ0n) is 21.4. The van der Waals surface area contributed by atoms with Gasteiger partial charge in [0.1, 0.15) is 17.4 Å². The minimum absolute atomic E-state index is 0.0592. The van der Waals surface area contributed by atoms with E-state index in [1.54, 1.807) is 47.5 Å². The zero-order valence-corrected chi connectivity index (χ0v) is 21.4. The average Bonchev–Trinajstić information content (AvgIpc) is 2.90. The molecule has 1 aliphatic carbocycles. The van der Waals surface area contributed by atoms with Crippen molar-refractivity contribution in [1.82, 2.24) is 0 Å². The molecule has 4 rings (SSSR count). The lowest BCUT2D eigenvalue weighted by Crippen LogP contribution is -2.38. The molecule has 190 valence electrons. The van der Waals surface area contributed by atoms with Gasteiger partial charge in [0, 0.05) is 34.9 Å². The normalized spacial score (nSPS) is 21.3. The van der Waals surface area contributed by atoms with Gasteiger partial charge in [-0.05, 0) is 55.2 Å². The topological polar surface area (TPSA) is 92.7 Å². The van der Waals surface area contributed by atoms with Gasteiger partial charge in [0.25, 0.3) is 0 Å². The van der Waals surface area contributed by atoms with E-state index >= 15 is 0 Å². The molecule has 0 spiro atoms. The Bertz CT molecular complexity index is 1250. The lowest BCUT2D eigenvalue weighted by atomic mass is 9.69. The Morgan fingerprint density at radius 3 is 2.19 bits per heavy atom. The van der Waals surface area contributed by atoms with Gasteiger partial charge in [-0.2, -0.15) is 0 Å². The van der Waals surface area contributed by atoms with E-state index < -0.39 is 17.8 Å². The number of benzene rings is 2. The van der Waals surface area contributed by atoms with Gasteiger partial charge in [-0.15, -0.1) is 0 Å². The van der Waals surface area contributed by atoms with E-state index in [4.69, 9.17) is 28.7 Å². The van der Waals surface area contributed by atoms with Crippen molar-refractivity contribution in [1.29, 1.82) is 0 Å². The van der Waals surface area contributed by atoms with Crippen molar-refractivity contribution in [2.24, 2.45) is 10.9 Å². The van der Waals surface area contributed by atoms with Gasteiger partial charge in [-0.3, -0.25) is 14.6 Å². The summed E-state index contributed by atoms with van der Waals surface area (Å²) >= 11 is 0. The minimum atomic E-state index is -0.753. The Hall–Kier alpha value is -3.81. The summed E-state index contributed by atoms with van der Waals surface area (Å²) in [6.07, 6.45) is 0.824. The maximum absolute atomic E-state index is 13.8. The number of carbonyl (C=O) groups excluding carboxylic acids is 2. The first-order valence-corrected chi connectivity index (χ1v) is 11.7. The summed E-state index contributed by atoms with van der Waals surface area (Å²) in [7, 11) is 7.65.